The molecule has 1 aromatic carbocycles. The monoisotopic (exact) mass is 349 g/mol. The van der Waals surface area contributed by atoms with Gasteiger partial charge in [0.1, 0.15) is 0 Å². The number of benzene rings is 1. The van der Waals surface area contributed by atoms with Gasteiger partial charge in [-0.15, -0.1) is 0 Å². The highest BCUT2D eigenvalue weighted by atomic mass is 19.4. The fourth-order valence-electron chi connectivity index (χ4n) is 1.85. The van der Waals surface area contributed by atoms with Crippen LogP contribution in [-0.2, 0) is 12.4 Å². The van der Waals surface area contributed by atoms with Gasteiger partial charge in [0, 0.05) is 11.6 Å². The van der Waals surface area contributed by atoms with Crippen LogP contribution in [0.5, 0.6) is 0 Å². The van der Waals surface area contributed by atoms with Gasteiger partial charge >= 0.3 is 12.4 Å². The molecule has 0 fully saturated rings. The molecule has 0 bridgehead atoms. The van der Waals surface area contributed by atoms with E-state index in [0.717, 1.165) is 0 Å². The van der Waals surface area contributed by atoms with Crippen molar-refractivity contribution in [2.75, 3.05) is 0 Å². The maximum atomic E-state index is 12.8. The topological polar surface area (TPSA) is 65.0 Å². The number of hydrogen-bond donors (Lipinski definition) is 0. The second-order valence-corrected chi connectivity index (χ2v) is 4.59. The summed E-state index contributed by atoms with van der Waals surface area (Å²) in [5.74, 6) is -0.650. The van der Waals surface area contributed by atoms with Gasteiger partial charge in [-0.3, -0.25) is 0 Å². The second kappa shape index (κ2) is 5.35. The van der Waals surface area contributed by atoms with Gasteiger partial charge in [-0.1, -0.05) is 10.3 Å². The maximum Gasteiger partial charge on any atom is 0.416 e. The molecular formula is C13H5F6N3O2. The Kier molecular flexibility index (Phi) is 3.57. The Hall–Kier alpha value is -2.85. The van der Waals surface area contributed by atoms with E-state index in [2.05, 4.69) is 15.3 Å². The Balaban J connectivity index is 2.10. The van der Waals surface area contributed by atoms with E-state index in [1.807, 2.05) is 0 Å². The van der Waals surface area contributed by atoms with Gasteiger partial charge in [-0.2, -0.15) is 31.3 Å². The first-order valence-corrected chi connectivity index (χ1v) is 6.19. The van der Waals surface area contributed by atoms with E-state index in [0.29, 0.717) is 12.1 Å². The number of alkyl halides is 6. The Bertz CT molecular complexity index is 819. The van der Waals surface area contributed by atoms with E-state index in [1.165, 1.54) is 12.3 Å². The summed E-state index contributed by atoms with van der Waals surface area (Å²) in [6.45, 7) is 0. The molecule has 0 aliphatic carbocycles. The molecule has 126 valence electrons. The molecule has 3 aromatic rings. The Morgan fingerprint density at radius 2 is 1.46 bits per heavy atom. The minimum atomic E-state index is -4.96. The summed E-state index contributed by atoms with van der Waals surface area (Å²) in [6.07, 6.45) is -8.67. The largest absolute Gasteiger partial charge is 0.416 e. The lowest BCUT2D eigenvalue weighted by atomic mass is 10.0. The molecule has 3 rings (SSSR count). The lowest BCUT2D eigenvalue weighted by Crippen LogP contribution is -2.11. The molecule has 0 spiro atoms. The molecule has 0 saturated carbocycles. The molecular weight excluding hydrogens is 344 g/mol. The van der Waals surface area contributed by atoms with Gasteiger partial charge in [0.25, 0.3) is 5.89 Å². The lowest BCUT2D eigenvalue weighted by molar-refractivity contribution is -0.143. The predicted molar refractivity (Wildman–Crippen MR) is 65.2 cm³/mol. The molecule has 11 heteroatoms. The summed E-state index contributed by atoms with van der Waals surface area (Å²) in [5.41, 5.74) is -3.44. The first-order valence-electron chi connectivity index (χ1n) is 6.19. The van der Waals surface area contributed by atoms with Crippen molar-refractivity contribution >= 4 is 0 Å². The Morgan fingerprint density at radius 3 is 1.96 bits per heavy atom. The van der Waals surface area contributed by atoms with E-state index in [-0.39, 0.29) is 17.7 Å². The second-order valence-electron chi connectivity index (χ2n) is 4.59. The molecule has 0 aliphatic rings. The van der Waals surface area contributed by atoms with Gasteiger partial charge in [-0.25, -0.2) is 0 Å². The van der Waals surface area contributed by atoms with Crippen molar-refractivity contribution in [3.05, 3.63) is 41.6 Å². The predicted octanol–water partition coefficient (Wildman–Crippen LogP) is 4.43. The number of halogens is 6. The van der Waals surface area contributed by atoms with Gasteiger partial charge in [-0.05, 0) is 18.2 Å². The van der Waals surface area contributed by atoms with Crippen LogP contribution in [0.3, 0.4) is 0 Å². The summed E-state index contributed by atoms with van der Waals surface area (Å²) in [4.78, 5) is 3.72. The van der Waals surface area contributed by atoms with Crippen LogP contribution in [0, 0.1) is 0 Å². The van der Waals surface area contributed by atoms with E-state index in [1.54, 1.807) is 0 Å². The summed E-state index contributed by atoms with van der Waals surface area (Å²) >= 11 is 0. The maximum absolute atomic E-state index is 12.8. The highest BCUT2D eigenvalue weighted by Gasteiger charge is 2.37. The van der Waals surface area contributed by atoms with Crippen molar-refractivity contribution in [2.45, 2.75) is 12.4 Å². The zero-order valence-corrected chi connectivity index (χ0v) is 11.3. The van der Waals surface area contributed by atoms with Gasteiger partial charge in [0.15, 0.2) is 0 Å². The van der Waals surface area contributed by atoms with Crippen molar-refractivity contribution in [3.63, 3.8) is 0 Å². The number of hydrogen-bond acceptors (Lipinski definition) is 5. The van der Waals surface area contributed by atoms with E-state index >= 15 is 0 Å². The van der Waals surface area contributed by atoms with Crippen LogP contribution in [0.4, 0.5) is 26.3 Å². The summed E-state index contributed by atoms with van der Waals surface area (Å²) in [5, 5.41) is 6.75. The molecule has 0 N–H and O–H groups in total. The highest BCUT2D eigenvalue weighted by Crippen LogP contribution is 2.38. The average Bonchev–Trinajstić information content (AvgIpc) is 3.16. The van der Waals surface area contributed by atoms with Crippen molar-refractivity contribution in [1.29, 1.82) is 0 Å². The fraction of sp³-hybridized carbons (Fsp3) is 0.154. The number of aromatic nitrogens is 3. The van der Waals surface area contributed by atoms with Crippen LogP contribution in [0.25, 0.3) is 23.0 Å². The summed E-state index contributed by atoms with van der Waals surface area (Å²) in [6, 6.07) is 2.36. The van der Waals surface area contributed by atoms with Crippen molar-refractivity contribution in [1.82, 2.24) is 15.3 Å². The van der Waals surface area contributed by atoms with Gasteiger partial charge < -0.3 is 9.05 Å². The zero-order valence-electron chi connectivity index (χ0n) is 11.3. The third-order valence-electron chi connectivity index (χ3n) is 2.92. The third-order valence-corrected chi connectivity index (χ3v) is 2.92. The molecule has 0 radical (unpaired) electrons. The highest BCUT2D eigenvalue weighted by molar-refractivity contribution is 5.60. The first kappa shape index (κ1) is 16.0. The van der Waals surface area contributed by atoms with Crippen molar-refractivity contribution in [3.8, 4) is 23.0 Å². The van der Waals surface area contributed by atoms with Gasteiger partial charge in [0.05, 0.1) is 17.3 Å². The standard InChI is InChI=1S/C13H5F6N3O2/c14-12(15,16)7-3-6(4-8(5-7)13(17,18)19)10-21-11(24-22-10)9-1-2-20-23-9/h1-5H. The van der Waals surface area contributed by atoms with E-state index < -0.39 is 34.9 Å². The number of rotatable bonds is 2. The molecule has 2 heterocycles. The third kappa shape index (κ3) is 3.09. The van der Waals surface area contributed by atoms with Crippen LogP contribution in [-0.4, -0.2) is 15.3 Å². The average molecular weight is 349 g/mol. The Morgan fingerprint density at radius 1 is 0.833 bits per heavy atom. The van der Waals surface area contributed by atoms with Crippen LogP contribution in [0.15, 0.2) is 39.5 Å². The first-order chi connectivity index (χ1) is 11.1. The van der Waals surface area contributed by atoms with Crippen molar-refractivity contribution in [2.24, 2.45) is 0 Å². The van der Waals surface area contributed by atoms with E-state index in [4.69, 9.17) is 9.05 Å². The fourth-order valence-corrected chi connectivity index (χ4v) is 1.85. The van der Waals surface area contributed by atoms with Crippen LogP contribution in [0.2, 0.25) is 0 Å². The normalized spacial score (nSPS) is 12.6. The van der Waals surface area contributed by atoms with Crippen molar-refractivity contribution < 1.29 is 35.4 Å². The molecule has 0 amide bonds. The Labute approximate surface area is 128 Å². The van der Waals surface area contributed by atoms with Crippen LogP contribution in [0.1, 0.15) is 11.1 Å². The van der Waals surface area contributed by atoms with Gasteiger partial charge in [0.2, 0.25) is 11.6 Å². The lowest BCUT2D eigenvalue weighted by Gasteiger charge is -2.12. The molecule has 24 heavy (non-hydrogen) atoms. The van der Waals surface area contributed by atoms with E-state index in [9.17, 15) is 26.3 Å². The SMILES string of the molecule is FC(F)(F)c1cc(-c2noc(-c3ccno3)n2)cc(C(F)(F)F)c1. The number of nitrogens with zero attached hydrogens (tertiary/aromatic N) is 3. The summed E-state index contributed by atoms with van der Waals surface area (Å²) < 4.78 is 86.4. The van der Waals surface area contributed by atoms with Crippen LogP contribution >= 0.6 is 0 Å². The molecule has 0 aliphatic heterocycles. The molecule has 0 unspecified atom stereocenters. The zero-order chi connectivity index (χ0) is 17.5. The molecule has 5 nitrogen and oxygen atoms in total. The summed E-state index contributed by atoms with van der Waals surface area (Å²) in [7, 11) is 0. The smallest absolute Gasteiger partial charge is 0.351 e. The molecule has 0 atom stereocenters. The minimum Gasteiger partial charge on any atom is -0.351 e. The minimum absolute atomic E-state index is 0.0148. The van der Waals surface area contributed by atoms with Crippen LogP contribution < -0.4 is 0 Å². The molecule has 0 saturated heterocycles. The molecule has 2 aromatic heterocycles. The quantitative estimate of drug-likeness (QED) is 0.641.